The van der Waals surface area contributed by atoms with Crippen molar-refractivity contribution in [1.82, 2.24) is 9.97 Å². The van der Waals surface area contributed by atoms with Crippen molar-refractivity contribution in [3.05, 3.63) is 22.7 Å². The summed E-state index contributed by atoms with van der Waals surface area (Å²) in [4.78, 5) is 14.3. The summed E-state index contributed by atoms with van der Waals surface area (Å²) in [5.41, 5.74) is 2.60. The molecule has 1 aromatic carbocycles. The van der Waals surface area contributed by atoms with Gasteiger partial charge in [0, 0.05) is 12.1 Å². The number of rotatable bonds is 3. The topological polar surface area (TPSA) is 38.2 Å². The number of aromatic nitrogens is 2. The van der Waals surface area contributed by atoms with Crippen molar-refractivity contribution in [3.63, 3.8) is 0 Å². The van der Waals surface area contributed by atoms with E-state index in [1.54, 1.807) is 19.2 Å². The second-order valence-corrected chi connectivity index (χ2v) is 5.03. The molecule has 0 saturated carbocycles. The number of benzene rings is 1. The van der Waals surface area contributed by atoms with Gasteiger partial charge in [0.25, 0.3) is 0 Å². The first-order chi connectivity index (χ1) is 8.56. The summed E-state index contributed by atoms with van der Waals surface area (Å²) in [6.45, 7) is 1.95. The predicted molar refractivity (Wildman–Crippen MR) is 76.5 cm³/mol. The van der Waals surface area contributed by atoms with Gasteiger partial charge < -0.3 is 0 Å². The molecule has 96 valence electrons. The molecule has 0 unspecified atom stereocenters. The van der Waals surface area contributed by atoms with Crippen LogP contribution in [-0.2, 0) is 4.84 Å². The summed E-state index contributed by atoms with van der Waals surface area (Å²) in [5, 5.41) is 3.12. The van der Waals surface area contributed by atoms with E-state index in [1.165, 1.54) is 11.8 Å². The average Bonchev–Trinajstić information content (AvgIpc) is 2.38. The van der Waals surface area contributed by atoms with Gasteiger partial charge in [-0.3, -0.25) is 4.84 Å². The molecule has 6 heteroatoms. The normalized spacial score (nSPS) is 10.9. The van der Waals surface area contributed by atoms with Crippen LogP contribution in [0.15, 0.2) is 17.2 Å². The summed E-state index contributed by atoms with van der Waals surface area (Å²) in [6.07, 6.45) is 1.96. The van der Waals surface area contributed by atoms with Crippen LogP contribution < -0.4 is 5.06 Å². The molecule has 0 amide bonds. The highest BCUT2D eigenvalue weighted by atomic mass is 35.5. The molecule has 0 aliphatic rings. The molecule has 0 radical (unpaired) electrons. The van der Waals surface area contributed by atoms with Gasteiger partial charge in [-0.25, -0.2) is 15.0 Å². The van der Waals surface area contributed by atoms with Crippen molar-refractivity contribution in [3.8, 4) is 0 Å². The van der Waals surface area contributed by atoms with Crippen LogP contribution in [0.4, 0.5) is 5.82 Å². The Morgan fingerprint density at radius 1 is 1.28 bits per heavy atom. The second kappa shape index (κ2) is 5.30. The second-order valence-electron chi connectivity index (χ2n) is 3.83. The fourth-order valence-corrected chi connectivity index (χ4v) is 2.29. The summed E-state index contributed by atoms with van der Waals surface area (Å²) in [7, 11) is 3.40. The summed E-state index contributed by atoms with van der Waals surface area (Å²) < 4.78 is 0. The molecule has 18 heavy (non-hydrogen) atoms. The van der Waals surface area contributed by atoms with Crippen LogP contribution in [0.2, 0.25) is 5.02 Å². The minimum absolute atomic E-state index is 0.705. The van der Waals surface area contributed by atoms with Crippen molar-refractivity contribution in [2.75, 3.05) is 25.5 Å². The van der Waals surface area contributed by atoms with E-state index in [1.807, 2.05) is 25.3 Å². The number of aryl methyl sites for hydroxylation is 1. The zero-order valence-corrected chi connectivity index (χ0v) is 12.3. The first kappa shape index (κ1) is 13.4. The van der Waals surface area contributed by atoms with Gasteiger partial charge in [0.05, 0.1) is 18.1 Å². The highest BCUT2D eigenvalue weighted by Crippen LogP contribution is 2.29. The molecule has 4 nitrogen and oxygen atoms in total. The Morgan fingerprint density at radius 3 is 2.56 bits per heavy atom. The Bertz CT molecular complexity index is 591. The van der Waals surface area contributed by atoms with Crippen molar-refractivity contribution in [2.24, 2.45) is 0 Å². The van der Waals surface area contributed by atoms with E-state index >= 15 is 0 Å². The van der Waals surface area contributed by atoms with Crippen LogP contribution in [0.3, 0.4) is 0 Å². The van der Waals surface area contributed by atoms with Gasteiger partial charge in [-0.15, -0.1) is 11.8 Å². The SMILES string of the molecule is CON(C)c1nc2cc(C)c(Cl)cc2nc1SC. The molecule has 0 aliphatic carbocycles. The van der Waals surface area contributed by atoms with E-state index in [2.05, 4.69) is 9.97 Å². The van der Waals surface area contributed by atoms with Gasteiger partial charge in [0.2, 0.25) is 0 Å². The van der Waals surface area contributed by atoms with Crippen LogP contribution in [0.5, 0.6) is 0 Å². The van der Waals surface area contributed by atoms with Crippen LogP contribution in [0.1, 0.15) is 5.56 Å². The minimum atomic E-state index is 0.705. The standard InChI is InChI=1S/C12H14ClN3OS/c1-7-5-9-10(6-8(7)13)15-12(18-4)11(14-9)16(2)17-3/h5-6H,1-4H3. The molecule has 1 heterocycles. The van der Waals surface area contributed by atoms with E-state index < -0.39 is 0 Å². The molecule has 2 rings (SSSR count). The summed E-state index contributed by atoms with van der Waals surface area (Å²) in [5.74, 6) is 0.708. The fourth-order valence-electron chi connectivity index (χ4n) is 1.58. The van der Waals surface area contributed by atoms with Crippen LogP contribution in [0, 0.1) is 6.92 Å². The molecule has 0 N–H and O–H groups in total. The molecule has 1 aromatic heterocycles. The number of nitrogens with zero attached hydrogens (tertiary/aromatic N) is 3. The van der Waals surface area contributed by atoms with E-state index in [4.69, 9.17) is 16.4 Å². The summed E-state index contributed by atoms with van der Waals surface area (Å²) >= 11 is 7.63. The number of hydrogen-bond acceptors (Lipinski definition) is 5. The van der Waals surface area contributed by atoms with Gasteiger partial charge in [-0.1, -0.05) is 11.6 Å². The molecular formula is C12H14ClN3OS. The van der Waals surface area contributed by atoms with Gasteiger partial charge in [-0.2, -0.15) is 0 Å². The molecule has 0 spiro atoms. The minimum Gasteiger partial charge on any atom is -0.276 e. The zero-order valence-electron chi connectivity index (χ0n) is 10.7. The highest BCUT2D eigenvalue weighted by molar-refractivity contribution is 7.98. The van der Waals surface area contributed by atoms with Gasteiger partial charge in [0.1, 0.15) is 5.03 Å². The fraction of sp³-hybridized carbons (Fsp3) is 0.333. The molecule has 0 aliphatic heterocycles. The lowest BCUT2D eigenvalue weighted by atomic mass is 10.2. The number of thioether (sulfide) groups is 1. The number of halogens is 1. The number of hydroxylamine groups is 1. The maximum absolute atomic E-state index is 6.10. The van der Waals surface area contributed by atoms with E-state index in [9.17, 15) is 0 Å². The summed E-state index contributed by atoms with van der Waals surface area (Å²) in [6, 6.07) is 3.78. The first-order valence-electron chi connectivity index (χ1n) is 5.36. The smallest absolute Gasteiger partial charge is 0.185 e. The van der Waals surface area contributed by atoms with Gasteiger partial charge in [-0.05, 0) is 30.9 Å². The Morgan fingerprint density at radius 2 is 1.94 bits per heavy atom. The van der Waals surface area contributed by atoms with Gasteiger partial charge in [0.15, 0.2) is 5.82 Å². The third-order valence-electron chi connectivity index (χ3n) is 2.66. The van der Waals surface area contributed by atoms with Crippen molar-refractivity contribution >= 4 is 40.2 Å². The predicted octanol–water partition coefficient (Wildman–Crippen LogP) is 3.31. The van der Waals surface area contributed by atoms with Gasteiger partial charge >= 0.3 is 0 Å². The van der Waals surface area contributed by atoms with Crippen LogP contribution in [-0.4, -0.2) is 30.4 Å². The van der Waals surface area contributed by atoms with Crippen LogP contribution in [0.25, 0.3) is 11.0 Å². The lowest BCUT2D eigenvalue weighted by molar-refractivity contribution is 0.181. The third-order valence-corrected chi connectivity index (χ3v) is 3.73. The lowest BCUT2D eigenvalue weighted by Crippen LogP contribution is -2.17. The van der Waals surface area contributed by atoms with E-state index in [-0.39, 0.29) is 0 Å². The molecule has 0 atom stereocenters. The third kappa shape index (κ3) is 2.39. The number of anilines is 1. The van der Waals surface area contributed by atoms with E-state index in [0.717, 1.165) is 21.6 Å². The Labute approximate surface area is 115 Å². The monoisotopic (exact) mass is 283 g/mol. The maximum Gasteiger partial charge on any atom is 0.185 e. The maximum atomic E-state index is 6.10. The zero-order chi connectivity index (χ0) is 13.3. The van der Waals surface area contributed by atoms with Crippen LogP contribution >= 0.6 is 23.4 Å². The van der Waals surface area contributed by atoms with Crippen molar-refractivity contribution in [1.29, 1.82) is 0 Å². The number of hydrogen-bond donors (Lipinski definition) is 0. The average molecular weight is 284 g/mol. The Kier molecular flexibility index (Phi) is 3.94. The highest BCUT2D eigenvalue weighted by Gasteiger charge is 2.13. The quantitative estimate of drug-likeness (QED) is 0.638. The first-order valence-corrected chi connectivity index (χ1v) is 6.96. The number of fused-ring (bicyclic) bond motifs is 1. The lowest BCUT2D eigenvalue weighted by Gasteiger charge is -2.17. The molecule has 0 bridgehead atoms. The Balaban J connectivity index is 2.69. The Hall–Kier alpha value is -1.04. The van der Waals surface area contributed by atoms with E-state index in [0.29, 0.717) is 10.8 Å². The molecule has 0 fully saturated rings. The largest absolute Gasteiger partial charge is 0.276 e. The molecule has 0 saturated heterocycles. The van der Waals surface area contributed by atoms with Crippen molar-refractivity contribution in [2.45, 2.75) is 11.9 Å². The van der Waals surface area contributed by atoms with Crippen molar-refractivity contribution < 1.29 is 4.84 Å². The molecular weight excluding hydrogens is 270 g/mol. The molecule has 2 aromatic rings.